The van der Waals surface area contributed by atoms with Crippen molar-refractivity contribution < 1.29 is 14.6 Å². The lowest BCUT2D eigenvalue weighted by molar-refractivity contribution is -0.146. The molecule has 0 amide bonds. The maximum absolute atomic E-state index is 12.1. The zero-order chi connectivity index (χ0) is 15.7. The van der Waals surface area contributed by atoms with Crippen LogP contribution in [-0.2, 0) is 16.1 Å². The van der Waals surface area contributed by atoms with Crippen molar-refractivity contribution in [2.24, 2.45) is 5.92 Å². The predicted octanol–water partition coefficient (Wildman–Crippen LogP) is 2.62. The Balaban J connectivity index is 1.82. The standard InChI is InChI=1S/C17H22ClNO3/c1-22-17(21)16-8-12-4-7-14(20)9-15(12)19(16)10-11-2-5-13(18)6-3-11/h2-3,5-6,12,14-16,20H,4,7-10H2,1H3/t12-,14-,15-,16+/m1/s1. The van der Waals surface area contributed by atoms with Gasteiger partial charge in [0.05, 0.1) is 13.2 Å². The average molecular weight is 324 g/mol. The number of ether oxygens (including phenoxy) is 1. The lowest BCUT2D eigenvalue weighted by Crippen LogP contribution is -2.44. The van der Waals surface area contributed by atoms with Gasteiger partial charge in [-0.25, -0.2) is 0 Å². The minimum atomic E-state index is -0.259. The third-order valence-electron chi connectivity index (χ3n) is 5.03. The minimum absolute atomic E-state index is 0.169. The topological polar surface area (TPSA) is 49.8 Å². The Morgan fingerprint density at radius 3 is 2.73 bits per heavy atom. The molecule has 1 aliphatic carbocycles. The summed E-state index contributed by atoms with van der Waals surface area (Å²) >= 11 is 5.94. The lowest BCUT2D eigenvalue weighted by Gasteiger charge is -2.35. The number of methoxy groups -OCH3 is 1. The summed E-state index contributed by atoms with van der Waals surface area (Å²) in [6.07, 6.45) is 3.13. The predicted molar refractivity (Wildman–Crippen MR) is 84.6 cm³/mol. The van der Waals surface area contributed by atoms with E-state index in [4.69, 9.17) is 16.3 Å². The number of carbonyl (C=O) groups is 1. The highest BCUT2D eigenvalue weighted by molar-refractivity contribution is 6.30. The van der Waals surface area contributed by atoms with Gasteiger partial charge in [0.1, 0.15) is 6.04 Å². The van der Waals surface area contributed by atoms with Gasteiger partial charge in [-0.3, -0.25) is 9.69 Å². The smallest absolute Gasteiger partial charge is 0.323 e. The molecule has 1 heterocycles. The molecule has 5 heteroatoms. The zero-order valence-electron chi connectivity index (χ0n) is 12.7. The van der Waals surface area contributed by atoms with Crippen LogP contribution < -0.4 is 0 Å². The third kappa shape index (κ3) is 3.14. The molecule has 0 unspecified atom stereocenters. The molecular formula is C17H22ClNO3. The molecule has 1 saturated heterocycles. The summed E-state index contributed by atoms with van der Waals surface area (Å²) in [7, 11) is 1.44. The van der Waals surface area contributed by atoms with Crippen molar-refractivity contribution in [1.29, 1.82) is 0 Å². The van der Waals surface area contributed by atoms with Crippen molar-refractivity contribution >= 4 is 17.6 Å². The summed E-state index contributed by atoms with van der Waals surface area (Å²) < 4.78 is 4.99. The fourth-order valence-corrected chi connectivity index (χ4v) is 4.04. The van der Waals surface area contributed by atoms with Gasteiger partial charge in [-0.2, -0.15) is 0 Å². The second-order valence-corrected chi connectivity index (χ2v) is 6.80. The highest BCUT2D eigenvalue weighted by Gasteiger charge is 2.47. The summed E-state index contributed by atoms with van der Waals surface area (Å²) in [5.74, 6) is 0.303. The first-order valence-corrected chi connectivity index (χ1v) is 8.22. The van der Waals surface area contributed by atoms with Gasteiger partial charge in [-0.05, 0) is 49.3 Å². The van der Waals surface area contributed by atoms with E-state index in [1.165, 1.54) is 7.11 Å². The van der Waals surface area contributed by atoms with Crippen molar-refractivity contribution in [1.82, 2.24) is 4.90 Å². The normalized spacial score (nSPS) is 31.8. The number of likely N-dealkylation sites (tertiary alicyclic amines) is 1. The van der Waals surface area contributed by atoms with E-state index in [9.17, 15) is 9.90 Å². The number of aliphatic hydroxyl groups is 1. The number of hydrogen-bond donors (Lipinski definition) is 1. The van der Waals surface area contributed by atoms with E-state index in [1.54, 1.807) is 0 Å². The Morgan fingerprint density at radius 2 is 2.05 bits per heavy atom. The molecule has 0 spiro atoms. The average Bonchev–Trinajstić information content (AvgIpc) is 2.87. The third-order valence-corrected chi connectivity index (χ3v) is 5.28. The molecule has 0 radical (unpaired) electrons. The zero-order valence-corrected chi connectivity index (χ0v) is 13.5. The van der Waals surface area contributed by atoms with Gasteiger partial charge in [0.25, 0.3) is 0 Å². The summed E-state index contributed by atoms with van der Waals surface area (Å²) in [4.78, 5) is 14.4. The van der Waals surface area contributed by atoms with Crippen molar-refractivity contribution in [3.8, 4) is 0 Å². The first kappa shape index (κ1) is 15.8. The Labute approximate surface area is 136 Å². The Hall–Kier alpha value is -1.10. The largest absolute Gasteiger partial charge is 0.468 e. The van der Waals surface area contributed by atoms with Crippen LogP contribution in [0.15, 0.2) is 24.3 Å². The molecule has 1 aromatic carbocycles. The molecule has 4 nitrogen and oxygen atoms in total. The van der Waals surface area contributed by atoms with Gasteiger partial charge in [0.2, 0.25) is 0 Å². The molecule has 4 atom stereocenters. The fourth-order valence-electron chi connectivity index (χ4n) is 3.92. The molecular weight excluding hydrogens is 302 g/mol. The maximum Gasteiger partial charge on any atom is 0.323 e. The summed E-state index contributed by atoms with van der Waals surface area (Å²) in [6, 6.07) is 7.76. The van der Waals surface area contributed by atoms with Crippen LogP contribution in [0.4, 0.5) is 0 Å². The first-order valence-electron chi connectivity index (χ1n) is 7.84. The van der Waals surface area contributed by atoms with Crippen LogP contribution in [-0.4, -0.2) is 41.3 Å². The summed E-state index contributed by atoms with van der Waals surface area (Å²) in [5, 5.41) is 10.7. The molecule has 2 aliphatic rings. The second kappa shape index (κ2) is 6.57. The Kier molecular flexibility index (Phi) is 4.71. The molecule has 3 rings (SSSR count). The van der Waals surface area contributed by atoms with Crippen molar-refractivity contribution in [3.63, 3.8) is 0 Å². The van der Waals surface area contributed by atoms with Crippen molar-refractivity contribution in [3.05, 3.63) is 34.9 Å². The fraction of sp³-hybridized carbons (Fsp3) is 0.588. The van der Waals surface area contributed by atoms with Gasteiger partial charge in [-0.1, -0.05) is 23.7 Å². The van der Waals surface area contributed by atoms with Crippen LogP contribution >= 0.6 is 11.6 Å². The number of hydrogen-bond acceptors (Lipinski definition) is 4. The summed E-state index contributed by atoms with van der Waals surface area (Å²) in [5.41, 5.74) is 1.12. The highest BCUT2D eigenvalue weighted by atomic mass is 35.5. The quantitative estimate of drug-likeness (QED) is 0.869. The molecule has 1 N–H and O–H groups in total. The van der Waals surface area contributed by atoms with E-state index >= 15 is 0 Å². The number of benzene rings is 1. The van der Waals surface area contributed by atoms with Crippen LogP contribution in [0.5, 0.6) is 0 Å². The SMILES string of the molecule is COC(=O)[C@@H]1C[C@H]2CC[C@@H](O)C[C@H]2N1Cc1ccc(Cl)cc1. The van der Waals surface area contributed by atoms with Gasteiger partial charge < -0.3 is 9.84 Å². The van der Waals surface area contributed by atoms with Crippen LogP contribution in [0.1, 0.15) is 31.2 Å². The van der Waals surface area contributed by atoms with Gasteiger partial charge >= 0.3 is 5.97 Å². The number of rotatable bonds is 3. The van der Waals surface area contributed by atoms with Gasteiger partial charge in [0, 0.05) is 17.6 Å². The Morgan fingerprint density at radius 1 is 1.32 bits per heavy atom. The van der Waals surface area contributed by atoms with Crippen LogP contribution in [0.25, 0.3) is 0 Å². The number of fused-ring (bicyclic) bond motifs is 1. The van der Waals surface area contributed by atoms with Gasteiger partial charge in [-0.15, -0.1) is 0 Å². The monoisotopic (exact) mass is 323 g/mol. The van der Waals surface area contributed by atoms with Crippen LogP contribution in [0.2, 0.25) is 5.02 Å². The molecule has 0 aromatic heterocycles. The number of nitrogens with zero attached hydrogens (tertiary/aromatic N) is 1. The molecule has 0 bridgehead atoms. The van der Waals surface area contributed by atoms with Gasteiger partial charge in [0.15, 0.2) is 0 Å². The maximum atomic E-state index is 12.1. The first-order chi connectivity index (χ1) is 10.6. The lowest BCUT2D eigenvalue weighted by atomic mass is 9.83. The minimum Gasteiger partial charge on any atom is -0.468 e. The van der Waals surface area contributed by atoms with Crippen LogP contribution in [0, 0.1) is 5.92 Å². The Bertz CT molecular complexity index is 533. The molecule has 120 valence electrons. The number of aliphatic hydroxyl groups excluding tert-OH is 1. The van der Waals surface area contributed by atoms with E-state index < -0.39 is 0 Å². The molecule has 1 aromatic rings. The number of esters is 1. The summed E-state index contributed by atoms with van der Waals surface area (Å²) in [6.45, 7) is 0.685. The van der Waals surface area contributed by atoms with Crippen molar-refractivity contribution in [2.75, 3.05) is 7.11 Å². The van der Waals surface area contributed by atoms with E-state index in [2.05, 4.69) is 4.90 Å². The van der Waals surface area contributed by atoms with E-state index in [0.717, 1.165) is 31.2 Å². The molecule has 1 saturated carbocycles. The van der Waals surface area contributed by atoms with E-state index in [-0.39, 0.29) is 24.2 Å². The molecule has 2 fully saturated rings. The highest BCUT2D eigenvalue weighted by Crippen LogP contribution is 2.41. The molecule has 22 heavy (non-hydrogen) atoms. The molecule has 1 aliphatic heterocycles. The van der Waals surface area contributed by atoms with Crippen molar-refractivity contribution in [2.45, 2.75) is 50.4 Å². The number of carbonyl (C=O) groups excluding carboxylic acids is 1. The van der Waals surface area contributed by atoms with E-state index in [0.29, 0.717) is 17.5 Å². The van der Waals surface area contributed by atoms with E-state index in [1.807, 2.05) is 24.3 Å². The second-order valence-electron chi connectivity index (χ2n) is 6.37. The number of halogens is 1. The van der Waals surface area contributed by atoms with Crippen LogP contribution in [0.3, 0.4) is 0 Å².